The molecule has 0 heterocycles. The number of nitrogens with one attached hydrogen (secondary N) is 1. The molecular formula is C14H9F2N3O. The summed E-state index contributed by atoms with van der Waals surface area (Å²) in [5.74, 6) is -3.02. The SMILES string of the molecule is N#Cc1cccc(C(=O)Nc2c(N)ccc(F)c2F)c1. The molecule has 0 saturated carbocycles. The second kappa shape index (κ2) is 5.36. The molecule has 4 nitrogen and oxygen atoms in total. The van der Waals surface area contributed by atoms with Crippen LogP contribution in [0.3, 0.4) is 0 Å². The zero-order valence-corrected chi connectivity index (χ0v) is 10.2. The predicted octanol–water partition coefficient (Wildman–Crippen LogP) is 2.67. The Labute approximate surface area is 113 Å². The smallest absolute Gasteiger partial charge is 0.255 e. The van der Waals surface area contributed by atoms with E-state index in [1.807, 2.05) is 6.07 Å². The van der Waals surface area contributed by atoms with E-state index < -0.39 is 23.2 Å². The molecule has 0 aliphatic heterocycles. The van der Waals surface area contributed by atoms with Gasteiger partial charge in [-0.3, -0.25) is 4.79 Å². The van der Waals surface area contributed by atoms with Crippen LogP contribution in [0.1, 0.15) is 15.9 Å². The van der Waals surface area contributed by atoms with Gasteiger partial charge < -0.3 is 11.1 Å². The minimum absolute atomic E-state index is 0.0892. The third-order valence-corrected chi connectivity index (χ3v) is 2.62. The fourth-order valence-electron chi connectivity index (χ4n) is 1.61. The van der Waals surface area contributed by atoms with Gasteiger partial charge in [0.25, 0.3) is 5.91 Å². The molecule has 6 heteroatoms. The van der Waals surface area contributed by atoms with E-state index in [1.54, 1.807) is 0 Å². The van der Waals surface area contributed by atoms with Gasteiger partial charge >= 0.3 is 0 Å². The molecule has 0 unspecified atom stereocenters. The number of hydrogen-bond acceptors (Lipinski definition) is 3. The second-order valence-corrected chi connectivity index (χ2v) is 3.97. The van der Waals surface area contributed by atoms with Crippen LogP contribution >= 0.6 is 0 Å². The van der Waals surface area contributed by atoms with Gasteiger partial charge in [0.05, 0.1) is 17.3 Å². The number of benzene rings is 2. The third kappa shape index (κ3) is 2.57. The Kier molecular flexibility index (Phi) is 3.62. The Bertz CT molecular complexity index is 723. The van der Waals surface area contributed by atoms with Gasteiger partial charge in [-0.25, -0.2) is 8.78 Å². The Hall–Kier alpha value is -2.94. The summed E-state index contributed by atoms with van der Waals surface area (Å²) in [4.78, 5) is 11.9. The number of nitrogens with two attached hydrogens (primary N) is 1. The lowest BCUT2D eigenvalue weighted by Gasteiger charge is -2.09. The topological polar surface area (TPSA) is 78.9 Å². The first-order valence-electron chi connectivity index (χ1n) is 5.58. The zero-order chi connectivity index (χ0) is 14.7. The number of halogens is 2. The van der Waals surface area contributed by atoms with Crippen LogP contribution in [-0.2, 0) is 0 Å². The van der Waals surface area contributed by atoms with Gasteiger partial charge in [0.2, 0.25) is 0 Å². The van der Waals surface area contributed by atoms with Crippen LogP contribution in [0.4, 0.5) is 20.2 Å². The standard InChI is InChI=1S/C14H9F2N3O/c15-10-4-5-11(18)13(12(10)16)19-14(20)9-3-1-2-8(6-9)7-17/h1-6H,18H2,(H,19,20). The summed E-state index contributed by atoms with van der Waals surface area (Å²) in [5, 5.41) is 10.9. The molecule has 1 amide bonds. The average Bonchev–Trinajstić information content (AvgIpc) is 2.47. The molecule has 20 heavy (non-hydrogen) atoms. The average molecular weight is 273 g/mol. The van der Waals surface area contributed by atoms with E-state index in [4.69, 9.17) is 11.0 Å². The van der Waals surface area contributed by atoms with E-state index in [-0.39, 0.29) is 16.8 Å². The van der Waals surface area contributed by atoms with E-state index in [9.17, 15) is 13.6 Å². The Morgan fingerprint density at radius 1 is 1.25 bits per heavy atom. The van der Waals surface area contributed by atoms with Gasteiger partial charge in [-0.05, 0) is 30.3 Å². The molecule has 3 N–H and O–H groups in total. The summed E-state index contributed by atoms with van der Waals surface area (Å²) in [6, 6.07) is 9.72. The number of hydrogen-bond donors (Lipinski definition) is 2. The van der Waals surface area contributed by atoms with Crippen molar-refractivity contribution < 1.29 is 13.6 Å². The number of nitrogens with zero attached hydrogens (tertiary/aromatic N) is 1. The van der Waals surface area contributed by atoms with Crippen molar-refractivity contribution >= 4 is 17.3 Å². The van der Waals surface area contributed by atoms with E-state index in [0.29, 0.717) is 0 Å². The molecule has 100 valence electrons. The molecule has 2 aromatic rings. The van der Waals surface area contributed by atoms with E-state index in [2.05, 4.69) is 5.32 Å². The second-order valence-electron chi connectivity index (χ2n) is 3.97. The molecular weight excluding hydrogens is 264 g/mol. The highest BCUT2D eigenvalue weighted by molar-refractivity contribution is 6.06. The van der Waals surface area contributed by atoms with Crippen LogP contribution < -0.4 is 11.1 Å². The van der Waals surface area contributed by atoms with Crippen LogP contribution in [0, 0.1) is 23.0 Å². The first-order chi connectivity index (χ1) is 9.52. The van der Waals surface area contributed by atoms with Crippen molar-refractivity contribution in [2.75, 3.05) is 11.1 Å². The maximum atomic E-state index is 13.6. The van der Waals surface area contributed by atoms with Crippen molar-refractivity contribution in [2.24, 2.45) is 0 Å². The summed E-state index contributed by atoms with van der Waals surface area (Å²) in [5.41, 5.74) is 5.42. The third-order valence-electron chi connectivity index (χ3n) is 2.62. The van der Waals surface area contributed by atoms with Crippen molar-refractivity contribution in [3.8, 4) is 6.07 Å². The van der Waals surface area contributed by atoms with Crippen LogP contribution in [0.2, 0.25) is 0 Å². The molecule has 0 aliphatic carbocycles. The summed E-state index contributed by atoms with van der Waals surface area (Å²) in [7, 11) is 0. The quantitative estimate of drug-likeness (QED) is 0.825. The van der Waals surface area contributed by atoms with Crippen LogP contribution in [0.25, 0.3) is 0 Å². The minimum atomic E-state index is -1.23. The van der Waals surface area contributed by atoms with Crippen molar-refractivity contribution in [3.05, 3.63) is 59.2 Å². The zero-order valence-electron chi connectivity index (χ0n) is 10.2. The first kappa shape index (κ1) is 13.5. The maximum absolute atomic E-state index is 13.6. The highest BCUT2D eigenvalue weighted by Crippen LogP contribution is 2.25. The number of nitriles is 1. The van der Waals surface area contributed by atoms with Gasteiger partial charge in [-0.2, -0.15) is 5.26 Å². The molecule has 0 fully saturated rings. The van der Waals surface area contributed by atoms with Gasteiger partial charge in [-0.15, -0.1) is 0 Å². The van der Waals surface area contributed by atoms with Crippen molar-refractivity contribution in [1.29, 1.82) is 5.26 Å². The number of nitrogen functional groups attached to an aromatic ring is 1. The fourth-order valence-corrected chi connectivity index (χ4v) is 1.61. The van der Waals surface area contributed by atoms with Gasteiger partial charge in [-0.1, -0.05) is 6.07 Å². The molecule has 0 saturated heterocycles. The number of carbonyl (C=O) groups excluding carboxylic acids is 1. The largest absolute Gasteiger partial charge is 0.397 e. The van der Waals surface area contributed by atoms with Crippen molar-refractivity contribution in [3.63, 3.8) is 0 Å². The molecule has 0 aliphatic rings. The summed E-state index contributed by atoms with van der Waals surface area (Å²) in [6.07, 6.45) is 0. The molecule has 0 radical (unpaired) electrons. The lowest BCUT2D eigenvalue weighted by atomic mass is 10.1. The number of amides is 1. The van der Waals surface area contributed by atoms with Gasteiger partial charge in [0.15, 0.2) is 11.6 Å². The normalized spacial score (nSPS) is 9.85. The van der Waals surface area contributed by atoms with Gasteiger partial charge in [0, 0.05) is 5.56 Å². The number of carbonyl (C=O) groups is 1. The number of rotatable bonds is 2. The summed E-state index contributed by atoms with van der Waals surface area (Å²) < 4.78 is 26.7. The molecule has 0 spiro atoms. The predicted molar refractivity (Wildman–Crippen MR) is 69.9 cm³/mol. The molecule has 0 atom stereocenters. The highest BCUT2D eigenvalue weighted by Gasteiger charge is 2.15. The fraction of sp³-hybridized carbons (Fsp3) is 0. The first-order valence-corrected chi connectivity index (χ1v) is 5.58. The van der Waals surface area contributed by atoms with Crippen LogP contribution in [0.15, 0.2) is 36.4 Å². The number of anilines is 2. The molecule has 2 aromatic carbocycles. The maximum Gasteiger partial charge on any atom is 0.255 e. The Balaban J connectivity index is 2.33. The summed E-state index contributed by atoms with van der Waals surface area (Å²) in [6.45, 7) is 0. The van der Waals surface area contributed by atoms with Crippen molar-refractivity contribution in [2.45, 2.75) is 0 Å². The van der Waals surface area contributed by atoms with E-state index in [1.165, 1.54) is 24.3 Å². The highest BCUT2D eigenvalue weighted by atomic mass is 19.2. The molecule has 0 bridgehead atoms. The monoisotopic (exact) mass is 273 g/mol. The van der Waals surface area contributed by atoms with Crippen molar-refractivity contribution in [1.82, 2.24) is 0 Å². The molecule has 2 rings (SSSR count). The van der Waals surface area contributed by atoms with E-state index in [0.717, 1.165) is 12.1 Å². The van der Waals surface area contributed by atoms with Crippen LogP contribution in [0.5, 0.6) is 0 Å². The minimum Gasteiger partial charge on any atom is -0.397 e. The lowest BCUT2D eigenvalue weighted by Crippen LogP contribution is -2.15. The Morgan fingerprint density at radius 2 is 2.00 bits per heavy atom. The van der Waals surface area contributed by atoms with Crippen LogP contribution in [-0.4, -0.2) is 5.91 Å². The lowest BCUT2D eigenvalue weighted by molar-refractivity contribution is 0.102. The molecule has 0 aromatic heterocycles. The van der Waals surface area contributed by atoms with E-state index >= 15 is 0 Å². The Morgan fingerprint density at radius 3 is 2.70 bits per heavy atom. The summed E-state index contributed by atoms with van der Waals surface area (Å²) >= 11 is 0. The van der Waals surface area contributed by atoms with Gasteiger partial charge in [0.1, 0.15) is 5.69 Å².